The fourth-order valence-electron chi connectivity index (χ4n) is 3.97. The average Bonchev–Trinajstić information content (AvgIpc) is 3.13. The Hall–Kier alpha value is -2.65. The minimum Gasteiger partial charge on any atom is -0.849 e. The Morgan fingerprint density at radius 3 is 2.64 bits per heavy atom. The molecule has 33 heavy (non-hydrogen) atoms. The third-order valence-corrected chi connectivity index (χ3v) is 5.68. The minimum atomic E-state index is -0.570. The van der Waals surface area contributed by atoms with Gasteiger partial charge in [-0.1, -0.05) is 31.2 Å². The van der Waals surface area contributed by atoms with E-state index in [9.17, 15) is 14.7 Å². The standard InChI is InChI=1S/C24H32N5O3S/c1-24(2,28-22(32)10-4-3-7-12-25-21(31)11-13-33)16-29-20(15-30)27-19-14-26-18-9-6-5-8-17(18)23(19)29/h5-6,8-9,14,33H,3-4,7,10-13,15-16H2,1-2H3,(H,25,31)(H,28,32)/q-1. The van der Waals surface area contributed by atoms with Gasteiger partial charge in [-0.15, -0.1) is 0 Å². The Kier molecular flexibility index (Phi) is 8.68. The monoisotopic (exact) mass is 470 g/mol. The summed E-state index contributed by atoms with van der Waals surface area (Å²) in [6.45, 7) is 4.50. The Morgan fingerprint density at radius 1 is 1.09 bits per heavy atom. The molecule has 0 fully saturated rings. The van der Waals surface area contributed by atoms with E-state index in [2.05, 4.69) is 33.2 Å². The predicted molar refractivity (Wildman–Crippen MR) is 131 cm³/mol. The van der Waals surface area contributed by atoms with E-state index in [4.69, 9.17) is 0 Å². The molecule has 1 aromatic carbocycles. The van der Waals surface area contributed by atoms with Crippen LogP contribution in [0.15, 0.2) is 30.5 Å². The lowest BCUT2D eigenvalue weighted by molar-refractivity contribution is -0.388. The Balaban J connectivity index is 1.59. The van der Waals surface area contributed by atoms with Crippen LogP contribution in [0.2, 0.25) is 0 Å². The molecular weight excluding hydrogens is 438 g/mol. The van der Waals surface area contributed by atoms with Crippen LogP contribution in [0.5, 0.6) is 0 Å². The van der Waals surface area contributed by atoms with Crippen molar-refractivity contribution < 1.29 is 14.7 Å². The van der Waals surface area contributed by atoms with E-state index in [1.54, 1.807) is 6.20 Å². The van der Waals surface area contributed by atoms with Crippen LogP contribution in [0.4, 0.5) is 0 Å². The zero-order valence-corrected chi connectivity index (χ0v) is 20.2. The van der Waals surface area contributed by atoms with Crippen LogP contribution in [0.1, 0.15) is 51.8 Å². The van der Waals surface area contributed by atoms with Gasteiger partial charge in [0, 0.05) is 31.3 Å². The summed E-state index contributed by atoms with van der Waals surface area (Å²) >= 11 is 4.04. The zero-order chi connectivity index (χ0) is 23.8. The van der Waals surface area contributed by atoms with Crippen LogP contribution >= 0.6 is 12.6 Å². The molecule has 0 aliphatic rings. The van der Waals surface area contributed by atoms with Crippen molar-refractivity contribution >= 4 is 46.4 Å². The Morgan fingerprint density at radius 2 is 1.88 bits per heavy atom. The SMILES string of the molecule is CC(C)(Cn1c(C[O-])nc2cnc3ccccc3c21)NC(=O)CCCCCNC(=O)CCS. The molecule has 3 aromatic rings. The van der Waals surface area contributed by atoms with E-state index in [0.717, 1.165) is 35.7 Å². The maximum Gasteiger partial charge on any atom is 0.220 e. The van der Waals surface area contributed by atoms with Gasteiger partial charge < -0.3 is 20.3 Å². The van der Waals surface area contributed by atoms with Crippen LogP contribution in [-0.4, -0.2) is 44.2 Å². The van der Waals surface area contributed by atoms with Crippen molar-refractivity contribution in [2.24, 2.45) is 0 Å². The Labute approximate surface area is 199 Å². The largest absolute Gasteiger partial charge is 0.849 e. The topological polar surface area (TPSA) is 112 Å². The maximum absolute atomic E-state index is 12.6. The molecule has 2 amide bonds. The number of hydrogen-bond acceptors (Lipinski definition) is 6. The van der Waals surface area contributed by atoms with Gasteiger partial charge in [-0.3, -0.25) is 14.6 Å². The number of carbonyl (C=O) groups is 2. The van der Waals surface area contributed by atoms with Gasteiger partial charge >= 0.3 is 0 Å². The first kappa shape index (κ1) is 25.0. The number of imidazole rings is 1. The van der Waals surface area contributed by atoms with E-state index in [0.29, 0.717) is 43.0 Å². The maximum atomic E-state index is 12.6. The first-order valence-corrected chi connectivity index (χ1v) is 12.0. The molecular formula is C24H32N5O3S-. The highest BCUT2D eigenvalue weighted by molar-refractivity contribution is 7.80. The summed E-state index contributed by atoms with van der Waals surface area (Å²) in [5.74, 6) is 0.960. The number of fused-ring (bicyclic) bond motifs is 3. The summed E-state index contributed by atoms with van der Waals surface area (Å²) < 4.78 is 1.92. The van der Waals surface area contributed by atoms with Crippen LogP contribution in [-0.2, 0) is 22.7 Å². The zero-order valence-electron chi connectivity index (χ0n) is 19.3. The van der Waals surface area contributed by atoms with E-state index in [-0.39, 0.29) is 11.8 Å². The normalized spacial score (nSPS) is 11.8. The molecule has 2 N–H and O–H groups in total. The number of nitrogens with one attached hydrogen (secondary N) is 2. The summed E-state index contributed by atoms with van der Waals surface area (Å²) in [6.07, 6.45) is 4.98. The predicted octanol–water partition coefficient (Wildman–Crippen LogP) is 2.34. The first-order valence-electron chi connectivity index (χ1n) is 11.3. The van der Waals surface area contributed by atoms with Crippen molar-refractivity contribution in [3.8, 4) is 0 Å². The van der Waals surface area contributed by atoms with Gasteiger partial charge in [0.15, 0.2) is 0 Å². The number of para-hydroxylation sites is 1. The summed E-state index contributed by atoms with van der Waals surface area (Å²) in [6, 6.07) is 7.78. The van der Waals surface area contributed by atoms with Crippen molar-refractivity contribution in [1.82, 2.24) is 25.2 Å². The van der Waals surface area contributed by atoms with Crippen molar-refractivity contribution in [2.75, 3.05) is 12.3 Å². The van der Waals surface area contributed by atoms with Gasteiger partial charge in [-0.2, -0.15) is 12.6 Å². The Bertz CT molecular complexity index is 1110. The summed E-state index contributed by atoms with van der Waals surface area (Å²) in [5.41, 5.74) is 1.82. The third kappa shape index (κ3) is 6.68. The van der Waals surface area contributed by atoms with E-state index in [1.807, 2.05) is 42.7 Å². The van der Waals surface area contributed by atoms with Gasteiger partial charge in [0.05, 0.1) is 28.6 Å². The highest BCUT2D eigenvalue weighted by atomic mass is 32.1. The fraction of sp³-hybridized carbons (Fsp3) is 0.500. The van der Waals surface area contributed by atoms with Crippen LogP contribution in [0.3, 0.4) is 0 Å². The van der Waals surface area contributed by atoms with Gasteiger partial charge in [0.1, 0.15) is 5.52 Å². The van der Waals surface area contributed by atoms with Gasteiger partial charge in [0.2, 0.25) is 11.8 Å². The average molecular weight is 471 g/mol. The van der Waals surface area contributed by atoms with Crippen molar-refractivity contribution in [3.05, 3.63) is 36.3 Å². The van der Waals surface area contributed by atoms with E-state index < -0.39 is 12.1 Å². The number of hydrogen-bond donors (Lipinski definition) is 3. The first-order chi connectivity index (χ1) is 15.8. The summed E-state index contributed by atoms with van der Waals surface area (Å²) in [5, 5.41) is 18.7. The van der Waals surface area contributed by atoms with Crippen molar-refractivity contribution in [2.45, 2.75) is 64.6 Å². The van der Waals surface area contributed by atoms with Gasteiger partial charge in [0.25, 0.3) is 0 Å². The lowest BCUT2D eigenvalue weighted by Crippen LogP contribution is -2.46. The molecule has 0 saturated heterocycles. The smallest absolute Gasteiger partial charge is 0.220 e. The number of amides is 2. The van der Waals surface area contributed by atoms with Crippen molar-refractivity contribution in [1.29, 1.82) is 0 Å². The second kappa shape index (κ2) is 11.5. The molecule has 0 spiro atoms. The molecule has 3 rings (SSSR count). The molecule has 178 valence electrons. The lowest BCUT2D eigenvalue weighted by atomic mass is 10.0. The quantitative estimate of drug-likeness (QED) is 0.278. The van der Waals surface area contributed by atoms with E-state index >= 15 is 0 Å². The second-order valence-corrected chi connectivity index (χ2v) is 9.28. The number of unbranched alkanes of at least 4 members (excludes halogenated alkanes) is 2. The molecule has 0 unspecified atom stereocenters. The molecule has 0 bridgehead atoms. The molecule has 0 aliphatic heterocycles. The molecule has 0 atom stereocenters. The number of thiol groups is 1. The highest BCUT2D eigenvalue weighted by Crippen LogP contribution is 2.26. The third-order valence-electron chi connectivity index (χ3n) is 5.46. The van der Waals surface area contributed by atoms with Gasteiger partial charge in [-0.05, 0) is 38.5 Å². The number of benzene rings is 1. The fourth-order valence-corrected chi connectivity index (χ4v) is 4.17. The molecule has 0 saturated carbocycles. The number of rotatable bonds is 12. The van der Waals surface area contributed by atoms with Crippen molar-refractivity contribution in [3.63, 3.8) is 0 Å². The summed E-state index contributed by atoms with van der Waals surface area (Å²) in [7, 11) is 0. The molecule has 9 heteroatoms. The van der Waals surface area contributed by atoms with E-state index in [1.165, 1.54) is 0 Å². The molecule has 2 aromatic heterocycles. The second-order valence-electron chi connectivity index (χ2n) is 8.83. The number of aromatic nitrogens is 3. The van der Waals surface area contributed by atoms with Crippen LogP contribution in [0, 0.1) is 0 Å². The molecule has 8 nitrogen and oxygen atoms in total. The summed E-state index contributed by atoms with van der Waals surface area (Å²) in [4.78, 5) is 32.9. The number of carbonyl (C=O) groups excluding carboxylic acids is 2. The molecule has 2 heterocycles. The minimum absolute atomic E-state index is 0.0116. The van der Waals surface area contributed by atoms with Gasteiger partial charge in [-0.25, -0.2) is 4.98 Å². The molecule has 0 aliphatic carbocycles. The van der Waals surface area contributed by atoms with Crippen LogP contribution in [0.25, 0.3) is 21.9 Å². The van der Waals surface area contributed by atoms with Crippen LogP contribution < -0.4 is 15.7 Å². The number of pyridine rings is 1. The molecule has 0 radical (unpaired) electrons. The number of nitrogens with zero attached hydrogens (tertiary/aromatic N) is 3. The highest BCUT2D eigenvalue weighted by Gasteiger charge is 2.24. The lowest BCUT2D eigenvalue weighted by Gasteiger charge is -2.28.